The normalized spacial score (nSPS) is 13.7. The zero-order valence-electron chi connectivity index (χ0n) is 15.6. The molecule has 0 aliphatic carbocycles. The molecule has 0 unspecified atom stereocenters. The molecule has 0 radical (unpaired) electrons. The van der Waals surface area contributed by atoms with Crippen LogP contribution in [-0.2, 0) is 19.5 Å². The molecule has 1 amide bonds. The molecular formula is C20H21FN6O. The summed E-state index contributed by atoms with van der Waals surface area (Å²) in [6.07, 6.45) is 6.93. The average molecular weight is 380 g/mol. The molecule has 0 atom stereocenters. The molecule has 3 aromatic rings. The smallest absolute Gasteiger partial charge is 0.271 e. The molecule has 3 aromatic heterocycles. The molecule has 0 saturated heterocycles. The van der Waals surface area contributed by atoms with E-state index in [1.54, 1.807) is 24.7 Å². The summed E-state index contributed by atoms with van der Waals surface area (Å²) in [5, 5.41) is 2.88. The van der Waals surface area contributed by atoms with Gasteiger partial charge in [-0.1, -0.05) is 6.07 Å². The molecule has 4 rings (SSSR count). The van der Waals surface area contributed by atoms with Crippen molar-refractivity contribution >= 4 is 11.6 Å². The fraction of sp³-hybridized carbons (Fsp3) is 0.300. The number of anilines is 1. The fourth-order valence-corrected chi connectivity index (χ4v) is 3.36. The number of halogens is 1. The zero-order chi connectivity index (χ0) is 19.5. The maximum Gasteiger partial charge on any atom is 0.271 e. The minimum absolute atomic E-state index is 0.220. The van der Waals surface area contributed by atoms with Gasteiger partial charge in [-0.25, -0.2) is 9.37 Å². The third-order valence-electron chi connectivity index (χ3n) is 4.93. The Hall–Kier alpha value is -3.29. The molecule has 1 N–H and O–H groups in total. The SMILES string of the molecule is Cc1cccnc1CNC(=O)c1cn2c(n1)CCN(c1ccncc1F)CC2. The van der Waals surface area contributed by atoms with Gasteiger partial charge < -0.3 is 14.8 Å². The van der Waals surface area contributed by atoms with Crippen LogP contribution >= 0.6 is 0 Å². The quantitative estimate of drug-likeness (QED) is 0.750. The highest BCUT2D eigenvalue weighted by atomic mass is 19.1. The molecule has 0 bridgehead atoms. The second-order valence-electron chi connectivity index (χ2n) is 6.75. The van der Waals surface area contributed by atoms with Crippen molar-refractivity contribution in [2.45, 2.75) is 26.4 Å². The number of aromatic nitrogens is 4. The van der Waals surface area contributed by atoms with Crippen LogP contribution in [0.1, 0.15) is 27.6 Å². The summed E-state index contributed by atoms with van der Waals surface area (Å²) in [7, 11) is 0. The largest absolute Gasteiger partial charge is 0.367 e. The first-order chi connectivity index (χ1) is 13.6. The van der Waals surface area contributed by atoms with Crippen molar-refractivity contribution in [2.75, 3.05) is 18.0 Å². The van der Waals surface area contributed by atoms with Gasteiger partial charge in [0.2, 0.25) is 0 Å². The first kappa shape index (κ1) is 18.1. The van der Waals surface area contributed by atoms with E-state index in [0.29, 0.717) is 44.0 Å². The van der Waals surface area contributed by atoms with Crippen LogP contribution in [0.3, 0.4) is 0 Å². The molecule has 28 heavy (non-hydrogen) atoms. The van der Waals surface area contributed by atoms with Gasteiger partial charge in [-0.15, -0.1) is 0 Å². The lowest BCUT2D eigenvalue weighted by atomic mass is 10.2. The summed E-state index contributed by atoms with van der Waals surface area (Å²) < 4.78 is 16.0. The van der Waals surface area contributed by atoms with Crippen molar-refractivity contribution in [1.29, 1.82) is 0 Å². The van der Waals surface area contributed by atoms with Gasteiger partial charge in [-0.3, -0.25) is 14.8 Å². The van der Waals surface area contributed by atoms with Crippen LogP contribution in [0.4, 0.5) is 10.1 Å². The number of hydrogen-bond donors (Lipinski definition) is 1. The number of pyridine rings is 2. The van der Waals surface area contributed by atoms with Gasteiger partial charge in [0.25, 0.3) is 5.91 Å². The number of rotatable bonds is 4. The number of hydrogen-bond acceptors (Lipinski definition) is 5. The van der Waals surface area contributed by atoms with Gasteiger partial charge in [0, 0.05) is 44.6 Å². The second kappa shape index (κ2) is 7.75. The lowest BCUT2D eigenvalue weighted by Gasteiger charge is -2.22. The third kappa shape index (κ3) is 3.71. The van der Waals surface area contributed by atoms with E-state index in [4.69, 9.17) is 0 Å². The van der Waals surface area contributed by atoms with Gasteiger partial charge in [-0.2, -0.15) is 0 Å². The first-order valence-corrected chi connectivity index (χ1v) is 9.21. The Kier molecular flexibility index (Phi) is 5.01. The number of imidazole rings is 1. The minimum Gasteiger partial charge on any atom is -0.367 e. The summed E-state index contributed by atoms with van der Waals surface area (Å²) >= 11 is 0. The van der Waals surface area contributed by atoms with Crippen molar-refractivity contribution in [1.82, 2.24) is 24.8 Å². The molecule has 8 heteroatoms. The highest BCUT2D eigenvalue weighted by Gasteiger charge is 2.20. The van der Waals surface area contributed by atoms with Gasteiger partial charge in [0.1, 0.15) is 11.5 Å². The number of nitrogens with one attached hydrogen (secondary N) is 1. The van der Waals surface area contributed by atoms with Gasteiger partial charge in [0.05, 0.1) is 24.1 Å². The van der Waals surface area contributed by atoms with Crippen molar-refractivity contribution in [3.8, 4) is 0 Å². The summed E-state index contributed by atoms with van der Waals surface area (Å²) in [4.78, 5) is 27.0. The number of fused-ring (bicyclic) bond motifs is 1. The van der Waals surface area contributed by atoms with Crippen molar-refractivity contribution in [3.63, 3.8) is 0 Å². The molecule has 1 aliphatic heterocycles. The first-order valence-electron chi connectivity index (χ1n) is 9.21. The summed E-state index contributed by atoms with van der Waals surface area (Å²) in [6, 6.07) is 5.51. The predicted octanol–water partition coefficient (Wildman–Crippen LogP) is 2.11. The Bertz CT molecular complexity index is 976. The Morgan fingerprint density at radius 1 is 1.25 bits per heavy atom. The minimum atomic E-state index is -0.327. The lowest BCUT2D eigenvalue weighted by Crippen LogP contribution is -2.28. The van der Waals surface area contributed by atoms with Crippen molar-refractivity contribution in [3.05, 3.63) is 71.6 Å². The molecule has 144 valence electrons. The van der Waals surface area contributed by atoms with Gasteiger partial charge >= 0.3 is 0 Å². The van der Waals surface area contributed by atoms with E-state index in [0.717, 1.165) is 17.1 Å². The van der Waals surface area contributed by atoms with Crippen LogP contribution in [0.2, 0.25) is 0 Å². The maximum absolute atomic E-state index is 14.0. The van der Waals surface area contributed by atoms with E-state index in [9.17, 15) is 9.18 Å². The fourth-order valence-electron chi connectivity index (χ4n) is 3.36. The zero-order valence-corrected chi connectivity index (χ0v) is 15.6. The summed E-state index contributed by atoms with van der Waals surface area (Å²) in [6.45, 7) is 4.23. The molecule has 7 nitrogen and oxygen atoms in total. The molecule has 0 aromatic carbocycles. The Labute approximate surface area is 162 Å². The Morgan fingerprint density at radius 3 is 2.96 bits per heavy atom. The number of nitrogens with zero attached hydrogens (tertiary/aromatic N) is 5. The van der Waals surface area contributed by atoms with E-state index in [-0.39, 0.29) is 11.7 Å². The average Bonchev–Trinajstić information content (AvgIpc) is 3.01. The molecular weight excluding hydrogens is 359 g/mol. The van der Waals surface area contributed by atoms with E-state index in [1.807, 2.05) is 28.5 Å². The highest BCUT2D eigenvalue weighted by molar-refractivity contribution is 5.92. The Balaban J connectivity index is 1.42. The van der Waals surface area contributed by atoms with E-state index < -0.39 is 0 Å². The molecule has 0 spiro atoms. The third-order valence-corrected chi connectivity index (χ3v) is 4.93. The topological polar surface area (TPSA) is 75.9 Å². The number of amides is 1. The Morgan fingerprint density at radius 2 is 2.14 bits per heavy atom. The lowest BCUT2D eigenvalue weighted by molar-refractivity contribution is 0.0945. The van der Waals surface area contributed by atoms with Gasteiger partial charge in [-0.05, 0) is 24.6 Å². The predicted molar refractivity (Wildman–Crippen MR) is 102 cm³/mol. The van der Waals surface area contributed by atoms with Crippen molar-refractivity contribution in [2.24, 2.45) is 0 Å². The van der Waals surface area contributed by atoms with E-state index >= 15 is 0 Å². The second-order valence-corrected chi connectivity index (χ2v) is 6.75. The molecule has 1 aliphatic rings. The van der Waals surface area contributed by atoms with Crippen LogP contribution in [0.25, 0.3) is 0 Å². The summed E-state index contributed by atoms with van der Waals surface area (Å²) in [5.74, 6) is 0.283. The van der Waals surface area contributed by atoms with Gasteiger partial charge in [0.15, 0.2) is 5.82 Å². The monoisotopic (exact) mass is 380 g/mol. The van der Waals surface area contributed by atoms with Crippen LogP contribution in [0.15, 0.2) is 43.0 Å². The van der Waals surface area contributed by atoms with Crippen LogP contribution in [0, 0.1) is 12.7 Å². The van der Waals surface area contributed by atoms with E-state index in [2.05, 4.69) is 20.3 Å². The standard InChI is InChI=1S/C20H21FN6O/c1-14-3-2-6-23-16(14)12-24-20(28)17-13-27-10-9-26(8-5-19(27)25-17)18-4-7-22-11-15(18)21/h2-4,6-7,11,13H,5,8-10,12H2,1H3,(H,24,28). The molecule has 4 heterocycles. The maximum atomic E-state index is 14.0. The van der Waals surface area contributed by atoms with Crippen LogP contribution < -0.4 is 10.2 Å². The van der Waals surface area contributed by atoms with Crippen molar-refractivity contribution < 1.29 is 9.18 Å². The molecule has 0 fully saturated rings. The van der Waals surface area contributed by atoms with Crippen LogP contribution in [-0.4, -0.2) is 38.5 Å². The van der Waals surface area contributed by atoms with E-state index in [1.165, 1.54) is 6.20 Å². The molecule has 0 saturated carbocycles. The summed E-state index contributed by atoms with van der Waals surface area (Å²) in [5.41, 5.74) is 2.81. The number of aryl methyl sites for hydroxylation is 1. The van der Waals surface area contributed by atoms with Crippen LogP contribution in [0.5, 0.6) is 0 Å². The number of carbonyl (C=O) groups is 1. The number of carbonyl (C=O) groups excluding carboxylic acids is 1. The highest BCUT2D eigenvalue weighted by Crippen LogP contribution is 2.20.